The molecule has 0 bridgehead atoms. The molecule has 0 aliphatic rings. The quantitative estimate of drug-likeness (QED) is 0.294. The fourth-order valence-corrected chi connectivity index (χ4v) is 3.64. The summed E-state index contributed by atoms with van der Waals surface area (Å²) in [7, 11) is -1.12. The van der Waals surface area contributed by atoms with Gasteiger partial charge in [-0.2, -0.15) is 5.10 Å². The molecule has 3 aromatic rings. The zero-order chi connectivity index (χ0) is 21.0. The first-order valence-corrected chi connectivity index (χ1v) is 13.2. The molecule has 1 aromatic carbocycles. The van der Waals surface area contributed by atoms with E-state index in [0.717, 1.165) is 34.7 Å². The Balaban J connectivity index is 1.74. The number of anilines is 1. The SMILES string of the molecule is C[Si](C)(C)CCOCn1ncc2cc(-c3ccc(CNC(=O)O)nc3)c(N)cc21. The number of carboxylic acid groups (broad SMARTS) is 1. The maximum atomic E-state index is 10.6. The molecule has 1 amide bonds. The van der Waals surface area contributed by atoms with Crippen molar-refractivity contribution in [1.82, 2.24) is 20.1 Å². The molecule has 0 aliphatic heterocycles. The Labute approximate surface area is 170 Å². The van der Waals surface area contributed by atoms with Gasteiger partial charge in [-0.3, -0.25) is 4.98 Å². The van der Waals surface area contributed by atoms with Gasteiger partial charge in [0.15, 0.2) is 0 Å². The Morgan fingerprint density at radius 2 is 2.07 bits per heavy atom. The van der Waals surface area contributed by atoms with Gasteiger partial charge < -0.3 is 20.9 Å². The van der Waals surface area contributed by atoms with Crippen molar-refractivity contribution < 1.29 is 14.6 Å². The zero-order valence-corrected chi connectivity index (χ0v) is 18.0. The molecule has 8 nitrogen and oxygen atoms in total. The lowest BCUT2D eigenvalue weighted by molar-refractivity contribution is 0.0817. The van der Waals surface area contributed by atoms with Crippen molar-refractivity contribution in [3.63, 3.8) is 0 Å². The topological polar surface area (TPSA) is 115 Å². The van der Waals surface area contributed by atoms with E-state index in [1.807, 2.05) is 22.9 Å². The van der Waals surface area contributed by atoms with Crippen molar-refractivity contribution in [2.45, 2.75) is 39.0 Å². The molecule has 0 aliphatic carbocycles. The average Bonchev–Trinajstić information content (AvgIpc) is 3.04. The van der Waals surface area contributed by atoms with E-state index >= 15 is 0 Å². The zero-order valence-electron chi connectivity index (χ0n) is 17.0. The highest BCUT2D eigenvalue weighted by atomic mass is 28.3. The summed E-state index contributed by atoms with van der Waals surface area (Å²) in [5, 5.41) is 16.4. The summed E-state index contributed by atoms with van der Waals surface area (Å²) in [4.78, 5) is 14.9. The first-order chi connectivity index (χ1) is 13.7. The first kappa shape index (κ1) is 20.8. The molecule has 29 heavy (non-hydrogen) atoms. The van der Waals surface area contributed by atoms with Crippen LogP contribution in [0.2, 0.25) is 25.7 Å². The average molecular weight is 414 g/mol. The van der Waals surface area contributed by atoms with Crippen molar-refractivity contribution in [3.8, 4) is 11.1 Å². The van der Waals surface area contributed by atoms with Crippen LogP contribution in [-0.4, -0.2) is 40.6 Å². The summed E-state index contributed by atoms with van der Waals surface area (Å²) in [6.45, 7) is 8.28. The van der Waals surface area contributed by atoms with Crippen LogP contribution in [0.3, 0.4) is 0 Å². The van der Waals surface area contributed by atoms with E-state index in [0.29, 0.717) is 18.1 Å². The summed E-state index contributed by atoms with van der Waals surface area (Å²) < 4.78 is 7.62. The molecular formula is C20H27N5O3Si. The number of hydrogen-bond acceptors (Lipinski definition) is 5. The fourth-order valence-electron chi connectivity index (χ4n) is 2.88. The maximum Gasteiger partial charge on any atom is 0.404 e. The molecule has 9 heteroatoms. The van der Waals surface area contributed by atoms with Crippen LogP contribution in [0.4, 0.5) is 10.5 Å². The van der Waals surface area contributed by atoms with Crippen LogP contribution >= 0.6 is 0 Å². The molecular weight excluding hydrogens is 386 g/mol. The smallest absolute Gasteiger partial charge is 0.404 e. The third-order valence-corrected chi connectivity index (χ3v) is 6.28. The predicted molar refractivity (Wildman–Crippen MR) is 116 cm³/mol. The van der Waals surface area contributed by atoms with Gasteiger partial charge in [0.1, 0.15) is 6.73 Å². The highest BCUT2D eigenvalue weighted by molar-refractivity contribution is 6.76. The van der Waals surface area contributed by atoms with Crippen LogP contribution in [-0.2, 0) is 18.0 Å². The van der Waals surface area contributed by atoms with Crippen LogP contribution in [0.5, 0.6) is 0 Å². The Morgan fingerprint density at radius 1 is 1.28 bits per heavy atom. The van der Waals surface area contributed by atoms with Crippen LogP contribution < -0.4 is 11.1 Å². The van der Waals surface area contributed by atoms with Gasteiger partial charge in [-0.15, -0.1) is 0 Å². The minimum Gasteiger partial charge on any atom is -0.465 e. The summed E-state index contributed by atoms with van der Waals surface area (Å²) in [6, 6.07) is 8.67. The Hall–Kier alpha value is -2.91. The Kier molecular flexibility index (Phi) is 6.19. The molecule has 0 atom stereocenters. The third-order valence-electron chi connectivity index (χ3n) is 4.58. The Bertz CT molecular complexity index is 996. The fraction of sp³-hybridized carbons (Fsp3) is 0.350. The van der Waals surface area contributed by atoms with Gasteiger partial charge in [0.2, 0.25) is 0 Å². The lowest BCUT2D eigenvalue weighted by Gasteiger charge is -2.15. The number of hydrogen-bond donors (Lipinski definition) is 3. The van der Waals surface area contributed by atoms with E-state index in [2.05, 4.69) is 35.0 Å². The van der Waals surface area contributed by atoms with Crippen LogP contribution in [0.25, 0.3) is 22.0 Å². The van der Waals surface area contributed by atoms with E-state index in [1.54, 1.807) is 18.5 Å². The van der Waals surface area contributed by atoms with Crippen LogP contribution in [0.15, 0.2) is 36.7 Å². The van der Waals surface area contributed by atoms with E-state index < -0.39 is 14.2 Å². The van der Waals surface area contributed by atoms with Crippen molar-refractivity contribution in [1.29, 1.82) is 0 Å². The van der Waals surface area contributed by atoms with Crippen molar-refractivity contribution in [2.24, 2.45) is 0 Å². The number of pyridine rings is 1. The number of nitrogens with one attached hydrogen (secondary N) is 1. The summed E-state index contributed by atoms with van der Waals surface area (Å²) in [6.07, 6.45) is 2.42. The lowest BCUT2D eigenvalue weighted by Crippen LogP contribution is -2.22. The number of nitrogens with zero attached hydrogens (tertiary/aromatic N) is 3. The second kappa shape index (κ2) is 8.62. The Morgan fingerprint density at radius 3 is 2.72 bits per heavy atom. The van der Waals surface area contributed by atoms with E-state index in [-0.39, 0.29) is 6.54 Å². The molecule has 154 valence electrons. The maximum absolute atomic E-state index is 10.6. The van der Waals surface area contributed by atoms with Crippen molar-refractivity contribution in [2.75, 3.05) is 12.3 Å². The number of amides is 1. The second-order valence-corrected chi connectivity index (χ2v) is 13.8. The van der Waals surface area contributed by atoms with Crippen molar-refractivity contribution >= 4 is 30.8 Å². The molecule has 0 unspecified atom stereocenters. The van der Waals surface area contributed by atoms with Gasteiger partial charge in [0.05, 0.1) is 24.0 Å². The molecule has 3 rings (SSSR count). The molecule has 0 saturated heterocycles. The second-order valence-electron chi connectivity index (χ2n) is 8.19. The number of ether oxygens (including phenoxy) is 1. The molecule has 2 aromatic heterocycles. The van der Waals surface area contributed by atoms with E-state index in [1.165, 1.54) is 0 Å². The number of nitrogens with two attached hydrogens (primary N) is 1. The van der Waals surface area contributed by atoms with Gasteiger partial charge in [0.25, 0.3) is 0 Å². The molecule has 0 saturated carbocycles. The minimum absolute atomic E-state index is 0.161. The molecule has 2 heterocycles. The summed E-state index contributed by atoms with van der Waals surface area (Å²) in [5.41, 5.74) is 10.2. The van der Waals surface area contributed by atoms with E-state index in [9.17, 15) is 4.79 Å². The number of benzene rings is 1. The molecule has 4 N–H and O–H groups in total. The normalized spacial score (nSPS) is 11.7. The number of nitrogen functional groups attached to an aromatic ring is 1. The van der Waals surface area contributed by atoms with Crippen LogP contribution in [0, 0.1) is 0 Å². The number of carbonyl (C=O) groups is 1. The number of aromatic nitrogens is 3. The largest absolute Gasteiger partial charge is 0.465 e. The predicted octanol–water partition coefficient (Wildman–Crippen LogP) is 3.76. The van der Waals surface area contributed by atoms with Crippen LogP contribution in [0.1, 0.15) is 5.69 Å². The standard InChI is InChI=1S/C20H27N5O3Si/c1-29(2,3)7-6-28-13-25-19-9-18(21)17(8-15(19)11-24-25)14-4-5-16(22-10-14)12-23-20(26)27/h4-5,8-11,23H,6-7,12-13,21H2,1-3H3,(H,26,27). The van der Waals surface area contributed by atoms with Crippen molar-refractivity contribution in [3.05, 3.63) is 42.4 Å². The first-order valence-electron chi connectivity index (χ1n) is 9.48. The third kappa shape index (κ3) is 5.55. The van der Waals surface area contributed by atoms with Gasteiger partial charge in [-0.25, -0.2) is 9.48 Å². The van der Waals surface area contributed by atoms with Gasteiger partial charge in [-0.05, 0) is 24.2 Å². The highest BCUT2D eigenvalue weighted by Crippen LogP contribution is 2.30. The number of fused-ring (bicyclic) bond motifs is 1. The monoisotopic (exact) mass is 413 g/mol. The lowest BCUT2D eigenvalue weighted by atomic mass is 10.0. The van der Waals surface area contributed by atoms with E-state index in [4.69, 9.17) is 15.6 Å². The highest BCUT2D eigenvalue weighted by Gasteiger charge is 2.13. The molecule has 0 radical (unpaired) electrons. The molecule has 0 fully saturated rings. The summed E-state index contributed by atoms with van der Waals surface area (Å²) >= 11 is 0. The number of rotatable bonds is 8. The molecule has 0 spiro atoms. The summed E-state index contributed by atoms with van der Waals surface area (Å²) in [5.74, 6) is 0. The van der Waals surface area contributed by atoms with Gasteiger partial charge in [0, 0.05) is 43.1 Å². The minimum atomic E-state index is -1.12. The van der Waals surface area contributed by atoms with Gasteiger partial charge in [-0.1, -0.05) is 25.7 Å². The van der Waals surface area contributed by atoms with Gasteiger partial charge >= 0.3 is 6.09 Å².